The van der Waals surface area contributed by atoms with Gasteiger partial charge in [0.05, 0.1) is 6.61 Å². The van der Waals surface area contributed by atoms with Crippen molar-refractivity contribution in [2.75, 3.05) is 6.61 Å². The van der Waals surface area contributed by atoms with Gasteiger partial charge >= 0.3 is 5.97 Å². The maximum Gasteiger partial charge on any atom is 0.355 e. The molecule has 4 heteroatoms. The number of aromatic amines is 1. The first-order valence-corrected chi connectivity index (χ1v) is 7.15. The second kappa shape index (κ2) is 6.26. The predicted octanol–water partition coefficient (Wildman–Crippen LogP) is 3.92. The molecule has 0 aliphatic rings. The highest BCUT2D eigenvalue weighted by Crippen LogP contribution is 2.35. The van der Waals surface area contributed by atoms with Crippen molar-refractivity contribution in [2.45, 2.75) is 6.92 Å². The summed E-state index contributed by atoms with van der Waals surface area (Å²) in [5.41, 5.74) is 4.15. The van der Waals surface area contributed by atoms with E-state index in [2.05, 4.69) is 9.97 Å². The molecule has 0 atom stereocenters. The van der Waals surface area contributed by atoms with Gasteiger partial charge in [-0.2, -0.15) is 0 Å². The Morgan fingerprint density at radius 3 is 2.59 bits per heavy atom. The third-order valence-corrected chi connectivity index (χ3v) is 3.39. The number of pyridine rings is 1. The Labute approximate surface area is 128 Å². The predicted molar refractivity (Wildman–Crippen MR) is 85.4 cm³/mol. The highest BCUT2D eigenvalue weighted by molar-refractivity contribution is 6.01. The quantitative estimate of drug-likeness (QED) is 0.741. The zero-order valence-corrected chi connectivity index (χ0v) is 12.2. The molecule has 0 saturated carbocycles. The monoisotopic (exact) mass is 292 g/mol. The van der Waals surface area contributed by atoms with Crippen molar-refractivity contribution in [3.8, 4) is 22.3 Å². The molecular formula is C18H16N2O2. The maximum atomic E-state index is 12.2. The average Bonchev–Trinajstić information content (AvgIpc) is 3.02. The van der Waals surface area contributed by atoms with Crippen LogP contribution < -0.4 is 0 Å². The van der Waals surface area contributed by atoms with E-state index < -0.39 is 0 Å². The number of ether oxygens (including phenoxy) is 1. The molecule has 2 aromatic heterocycles. The highest BCUT2D eigenvalue weighted by atomic mass is 16.5. The van der Waals surface area contributed by atoms with Gasteiger partial charge in [-0.05, 0) is 18.6 Å². The number of hydrogen-bond acceptors (Lipinski definition) is 3. The number of benzene rings is 1. The molecule has 2 heterocycles. The topological polar surface area (TPSA) is 55.0 Å². The Morgan fingerprint density at radius 2 is 1.91 bits per heavy atom. The summed E-state index contributed by atoms with van der Waals surface area (Å²) in [6.45, 7) is 2.14. The molecule has 22 heavy (non-hydrogen) atoms. The van der Waals surface area contributed by atoms with Gasteiger partial charge in [0.2, 0.25) is 0 Å². The SMILES string of the molecule is CCOC(=O)c1[nH]cc(-c2cccnc2)c1-c1ccccc1. The molecule has 0 saturated heterocycles. The van der Waals surface area contributed by atoms with Crippen LogP contribution in [0.3, 0.4) is 0 Å². The maximum absolute atomic E-state index is 12.2. The van der Waals surface area contributed by atoms with Gasteiger partial charge in [0, 0.05) is 35.3 Å². The fourth-order valence-corrected chi connectivity index (χ4v) is 2.44. The van der Waals surface area contributed by atoms with Crippen molar-refractivity contribution in [2.24, 2.45) is 0 Å². The molecule has 0 aliphatic heterocycles. The van der Waals surface area contributed by atoms with Crippen LogP contribution in [0.15, 0.2) is 61.1 Å². The van der Waals surface area contributed by atoms with Crippen LogP contribution in [-0.4, -0.2) is 22.5 Å². The third kappa shape index (κ3) is 2.63. The first-order chi connectivity index (χ1) is 10.8. The van der Waals surface area contributed by atoms with Crippen LogP contribution in [-0.2, 0) is 4.74 Å². The average molecular weight is 292 g/mol. The van der Waals surface area contributed by atoms with E-state index >= 15 is 0 Å². The lowest BCUT2D eigenvalue weighted by molar-refractivity contribution is 0.0521. The lowest BCUT2D eigenvalue weighted by Gasteiger charge is -2.07. The molecule has 0 bridgehead atoms. The van der Waals surface area contributed by atoms with Crippen LogP contribution in [0.1, 0.15) is 17.4 Å². The number of aromatic nitrogens is 2. The van der Waals surface area contributed by atoms with E-state index in [1.165, 1.54) is 0 Å². The van der Waals surface area contributed by atoms with Crippen molar-refractivity contribution in [3.63, 3.8) is 0 Å². The normalized spacial score (nSPS) is 10.4. The van der Waals surface area contributed by atoms with E-state index in [0.717, 1.165) is 22.3 Å². The van der Waals surface area contributed by atoms with E-state index in [-0.39, 0.29) is 5.97 Å². The molecule has 3 aromatic rings. The number of carbonyl (C=O) groups excluding carboxylic acids is 1. The number of carbonyl (C=O) groups is 1. The van der Waals surface area contributed by atoms with Crippen LogP contribution in [0.25, 0.3) is 22.3 Å². The summed E-state index contributed by atoms with van der Waals surface area (Å²) in [6, 6.07) is 13.6. The van der Waals surface area contributed by atoms with Crippen molar-refractivity contribution >= 4 is 5.97 Å². The minimum atomic E-state index is -0.350. The van der Waals surface area contributed by atoms with Crippen LogP contribution in [0.5, 0.6) is 0 Å². The molecule has 0 unspecified atom stereocenters. The molecule has 0 fully saturated rings. The Kier molecular flexibility index (Phi) is 4.01. The van der Waals surface area contributed by atoms with E-state index in [0.29, 0.717) is 12.3 Å². The van der Waals surface area contributed by atoms with E-state index in [4.69, 9.17) is 4.74 Å². The van der Waals surface area contributed by atoms with Gasteiger partial charge in [-0.1, -0.05) is 36.4 Å². The lowest BCUT2D eigenvalue weighted by atomic mass is 9.97. The fraction of sp³-hybridized carbons (Fsp3) is 0.111. The Bertz CT molecular complexity index is 764. The minimum absolute atomic E-state index is 0.342. The number of nitrogens with zero attached hydrogens (tertiary/aromatic N) is 1. The molecule has 4 nitrogen and oxygen atoms in total. The fourth-order valence-electron chi connectivity index (χ4n) is 2.44. The van der Waals surface area contributed by atoms with Gasteiger partial charge in [0.1, 0.15) is 5.69 Å². The Hall–Kier alpha value is -2.88. The highest BCUT2D eigenvalue weighted by Gasteiger charge is 2.20. The summed E-state index contributed by atoms with van der Waals surface area (Å²) in [6.07, 6.45) is 5.33. The second-order valence-corrected chi connectivity index (χ2v) is 4.78. The molecule has 3 rings (SSSR count). The molecule has 1 N–H and O–H groups in total. The molecule has 0 spiro atoms. The number of rotatable bonds is 4. The van der Waals surface area contributed by atoms with Gasteiger partial charge in [-0.3, -0.25) is 4.98 Å². The first kappa shape index (κ1) is 14.1. The van der Waals surface area contributed by atoms with Crippen LogP contribution in [0.2, 0.25) is 0 Å². The second-order valence-electron chi connectivity index (χ2n) is 4.78. The number of nitrogens with one attached hydrogen (secondary N) is 1. The molecule has 1 aromatic carbocycles. The Morgan fingerprint density at radius 1 is 1.14 bits per heavy atom. The van der Waals surface area contributed by atoms with Crippen LogP contribution >= 0.6 is 0 Å². The van der Waals surface area contributed by atoms with Gasteiger partial charge in [-0.25, -0.2) is 4.79 Å². The van der Waals surface area contributed by atoms with Crippen LogP contribution in [0.4, 0.5) is 0 Å². The lowest BCUT2D eigenvalue weighted by Crippen LogP contribution is -2.06. The zero-order chi connectivity index (χ0) is 15.4. The van der Waals surface area contributed by atoms with E-state index in [9.17, 15) is 4.79 Å². The summed E-state index contributed by atoms with van der Waals surface area (Å²) < 4.78 is 5.15. The largest absolute Gasteiger partial charge is 0.461 e. The molecule has 110 valence electrons. The number of H-pyrrole nitrogens is 1. The van der Waals surface area contributed by atoms with Crippen molar-refractivity contribution in [1.82, 2.24) is 9.97 Å². The molecular weight excluding hydrogens is 276 g/mol. The Balaban J connectivity index is 2.18. The van der Waals surface area contributed by atoms with Gasteiger partial charge in [-0.15, -0.1) is 0 Å². The van der Waals surface area contributed by atoms with Crippen molar-refractivity contribution in [1.29, 1.82) is 0 Å². The first-order valence-electron chi connectivity index (χ1n) is 7.15. The van der Waals surface area contributed by atoms with Crippen LogP contribution in [0, 0.1) is 0 Å². The number of esters is 1. The van der Waals surface area contributed by atoms with E-state index in [1.54, 1.807) is 19.3 Å². The molecule has 0 amide bonds. The van der Waals surface area contributed by atoms with E-state index in [1.807, 2.05) is 48.7 Å². The summed E-state index contributed by atoms with van der Waals surface area (Å²) in [4.78, 5) is 19.4. The summed E-state index contributed by atoms with van der Waals surface area (Å²) in [5.74, 6) is -0.350. The van der Waals surface area contributed by atoms with Gasteiger partial charge < -0.3 is 9.72 Å². The minimum Gasteiger partial charge on any atom is -0.461 e. The van der Waals surface area contributed by atoms with Gasteiger partial charge in [0.25, 0.3) is 0 Å². The zero-order valence-electron chi connectivity index (χ0n) is 12.2. The number of hydrogen-bond donors (Lipinski definition) is 1. The summed E-state index contributed by atoms with van der Waals surface area (Å²) in [7, 11) is 0. The third-order valence-electron chi connectivity index (χ3n) is 3.39. The van der Waals surface area contributed by atoms with Gasteiger partial charge in [0.15, 0.2) is 0 Å². The summed E-state index contributed by atoms with van der Waals surface area (Å²) in [5, 5.41) is 0. The van der Waals surface area contributed by atoms with Crippen molar-refractivity contribution < 1.29 is 9.53 Å². The molecule has 0 radical (unpaired) electrons. The smallest absolute Gasteiger partial charge is 0.355 e. The standard InChI is InChI=1S/C18H16N2O2/c1-2-22-18(21)17-16(13-7-4-3-5-8-13)15(12-20-17)14-9-6-10-19-11-14/h3-12,20H,2H2,1H3. The van der Waals surface area contributed by atoms with Crippen molar-refractivity contribution in [3.05, 3.63) is 66.7 Å². The summed E-state index contributed by atoms with van der Waals surface area (Å²) >= 11 is 0. The molecule has 0 aliphatic carbocycles.